The maximum absolute atomic E-state index is 12.5. The smallest absolute Gasteiger partial charge is 0.290 e. The van der Waals surface area contributed by atoms with Crippen molar-refractivity contribution in [1.82, 2.24) is 19.3 Å². The second-order valence-corrected chi connectivity index (χ2v) is 9.44. The molecule has 34 heavy (non-hydrogen) atoms. The first-order valence-electron chi connectivity index (χ1n) is 10.5. The summed E-state index contributed by atoms with van der Waals surface area (Å²) < 4.78 is 4.23. The minimum Gasteiger partial charge on any atom is -0.326 e. The fourth-order valence-corrected chi connectivity index (χ4v) is 4.82. The molecule has 0 aliphatic rings. The Labute approximate surface area is 204 Å². The van der Waals surface area contributed by atoms with Gasteiger partial charge < -0.3 is 9.88 Å². The average molecular weight is 490 g/mol. The van der Waals surface area contributed by atoms with E-state index >= 15 is 0 Å². The molecule has 0 aliphatic carbocycles. The van der Waals surface area contributed by atoms with Crippen LogP contribution in [0.15, 0.2) is 71.8 Å². The lowest BCUT2D eigenvalue weighted by molar-refractivity contribution is 0.102. The fourth-order valence-electron chi connectivity index (χ4n) is 3.63. The van der Waals surface area contributed by atoms with E-state index in [0.29, 0.717) is 27.6 Å². The Morgan fingerprint density at radius 2 is 1.82 bits per heavy atom. The van der Waals surface area contributed by atoms with Gasteiger partial charge in [-0.15, -0.1) is 11.3 Å². The van der Waals surface area contributed by atoms with E-state index in [9.17, 15) is 9.59 Å². The van der Waals surface area contributed by atoms with Crippen molar-refractivity contribution in [2.75, 3.05) is 5.32 Å². The van der Waals surface area contributed by atoms with Gasteiger partial charge in [0.1, 0.15) is 4.70 Å². The van der Waals surface area contributed by atoms with Crippen LogP contribution < -0.4 is 10.9 Å². The molecular weight excluding hydrogens is 470 g/mol. The number of nitrogens with zero attached hydrogens (tertiary/aromatic N) is 4. The monoisotopic (exact) mass is 489 g/mol. The van der Waals surface area contributed by atoms with Gasteiger partial charge in [0, 0.05) is 34.9 Å². The summed E-state index contributed by atoms with van der Waals surface area (Å²) in [6, 6.07) is 18.9. The first kappa shape index (κ1) is 22.1. The number of anilines is 1. The number of rotatable bonds is 5. The van der Waals surface area contributed by atoms with Crippen molar-refractivity contribution in [1.29, 1.82) is 0 Å². The summed E-state index contributed by atoms with van der Waals surface area (Å²) in [5.74, 6) is -0.261. The summed E-state index contributed by atoms with van der Waals surface area (Å²) in [5, 5.41) is 7.76. The Bertz CT molecular complexity index is 1550. The van der Waals surface area contributed by atoms with Crippen LogP contribution in [0.25, 0.3) is 20.7 Å². The van der Waals surface area contributed by atoms with Crippen molar-refractivity contribution >= 4 is 44.7 Å². The number of halogens is 1. The molecule has 0 radical (unpaired) electrons. The molecule has 0 unspecified atom stereocenters. The summed E-state index contributed by atoms with van der Waals surface area (Å²) >= 11 is 7.40. The van der Waals surface area contributed by atoms with E-state index in [1.165, 1.54) is 11.3 Å². The van der Waals surface area contributed by atoms with Crippen LogP contribution in [0.1, 0.15) is 21.7 Å². The fraction of sp³-hybridized carbons (Fsp3) is 0.120. The molecule has 3 aromatic heterocycles. The van der Waals surface area contributed by atoms with Gasteiger partial charge in [0.15, 0.2) is 5.69 Å². The Morgan fingerprint density at radius 3 is 2.50 bits per heavy atom. The van der Waals surface area contributed by atoms with Crippen LogP contribution >= 0.6 is 22.9 Å². The van der Waals surface area contributed by atoms with Crippen molar-refractivity contribution in [2.45, 2.75) is 13.5 Å². The van der Waals surface area contributed by atoms with Crippen molar-refractivity contribution in [2.24, 2.45) is 7.05 Å². The standard InChI is InChI=1S/C25H20ClN5O2S/c1-15-11-20(29-30(15)2)24(32)28-19-9-5-17(6-10-19)22-12-21-23(34-22)25(33)27-14-31(21)13-16-3-7-18(26)8-4-16/h3-12,14H,13H2,1-2H3,(H,28,32). The van der Waals surface area contributed by atoms with Crippen LogP contribution in [0.2, 0.25) is 5.02 Å². The topological polar surface area (TPSA) is 81.8 Å². The molecule has 0 saturated carbocycles. The number of hydrogen-bond donors (Lipinski definition) is 1. The summed E-state index contributed by atoms with van der Waals surface area (Å²) in [7, 11) is 1.80. The third kappa shape index (κ3) is 4.37. The Kier molecular flexibility index (Phi) is 5.77. The lowest BCUT2D eigenvalue weighted by Gasteiger charge is -2.07. The van der Waals surface area contributed by atoms with Crippen LogP contribution in [-0.4, -0.2) is 25.2 Å². The number of carbonyl (C=O) groups excluding carboxylic acids is 1. The molecule has 0 fully saturated rings. The zero-order chi connectivity index (χ0) is 23.8. The molecule has 7 nitrogen and oxygen atoms in total. The third-order valence-corrected chi connectivity index (χ3v) is 6.98. The first-order chi connectivity index (χ1) is 16.4. The Hall–Kier alpha value is -3.75. The number of aromatic nitrogens is 4. The normalized spacial score (nSPS) is 11.1. The van der Waals surface area contributed by atoms with Gasteiger partial charge in [-0.2, -0.15) is 10.1 Å². The van der Waals surface area contributed by atoms with Gasteiger partial charge in [0.05, 0.1) is 11.8 Å². The van der Waals surface area contributed by atoms with Gasteiger partial charge in [-0.25, -0.2) is 0 Å². The van der Waals surface area contributed by atoms with Crippen LogP contribution in [-0.2, 0) is 13.6 Å². The number of benzene rings is 2. The maximum atomic E-state index is 12.5. The molecule has 3 heterocycles. The summed E-state index contributed by atoms with van der Waals surface area (Å²) in [6.45, 7) is 2.47. The highest BCUT2D eigenvalue weighted by Gasteiger charge is 2.13. The largest absolute Gasteiger partial charge is 0.326 e. The molecule has 1 amide bonds. The van der Waals surface area contributed by atoms with Gasteiger partial charge in [-0.1, -0.05) is 35.9 Å². The Balaban J connectivity index is 1.40. The minimum atomic E-state index is -0.261. The lowest BCUT2D eigenvalue weighted by atomic mass is 10.1. The lowest BCUT2D eigenvalue weighted by Crippen LogP contribution is -2.12. The van der Waals surface area contributed by atoms with E-state index in [-0.39, 0.29) is 11.5 Å². The van der Waals surface area contributed by atoms with E-state index in [1.807, 2.05) is 66.1 Å². The zero-order valence-electron chi connectivity index (χ0n) is 18.4. The zero-order valence-corrected chi connectivity index (χ0v) is 20.0. The highest BCUT2D eigenvalue weighted by atomic mass is 35.5. The van der Waals surface area contributed by atoms with Gasteiger partial charge in [-0.05, 0) is 54.4 Å². The summed E-state index contributed by atoms with van der Waals surface area (Å²) in [4.78, 5) is 29.9. The number of nitrogens with one attached hydrogen (secondary N) is 1. The number of thiophene rings is 1. The number of hydrogen-bond acceptors (Lipinski definition) is 5. The van der Waals surface area contributed by atoms with Gasteiger partial charge in [0.25, 0.3) is 11.5 Å². The van der Waals surface area contributed by atoms with Crippen LogP contribution in [0.3, 0.4) is 0 Å². The second-order valence-electron chi connectivity index (χ2n) is 7.96. The van der Waals surface area contributed by atoms with Gasteiger partial charge in [0.2, 0.25) is 0 Å². The van der Waals surface area contributed by atoms with Crippen molar-refractivity contribution in [3.8, 4) is 10.4 Å². The SMILES string of the molecule is Cc1cc(C(=O)Nc2ccc(-c3cc4c(s3)c(=O)ncn4Cc3ccc(Cl)cc3)cc2)nn1C. The molecule has 5 rings (SSSR count). The minimum absolute atomic E-state index is 0.242. The first-order valence-corrected chi connectivity index (χ1v) is 11.7. The number of carbonyl (C=O) groups is 1. The van der Waals surface area contributed by atoms with Crippen molar-refractivity contribution in [3.05, 3.63) is 99.3 Å². The molecule has 2 aromatic carbocycles. The highest BCUT2D eigenvalue weighted by molar-refractivity contribution is 7.22. The molecule has 5 aromatic rings. The molecule has 1 N–H and O–H groups in total. The van der Waals surface area contributed by atoms with E-state index in [0.717, 1.165) is 27.2 Å². The average Bonchev–Trinajstić information content (AvgIpc) is 3.42. The summed E-state index contributed by atoms with van der Waals surface area (Å²) in [5.41, 5.74) is 4.55. The van der Waals surface area contributed by atoms with Gasteiger partial charge >= 0.3 is 0 Å². The molecule has 0 aliphatic heterocycles. The quantitative estimate of drug-likeness (QED) is 0.371. The number of amides is 1. The molecule has 0 atom stereocenters. The van der Waals surface area contributed by atoms with Crippen molar-refractivity contribution < 1.29 is 4.79 Å². The van der Waals surface area contributed by atoms with E-state index in [1.54, 1.807) is 24.1 Å². The van der Waals surface area contributed by atoms with E-state index in [4.69, 9.17) is 11.6 Å². The molecule has 9 heteroatoms. The predicted octanol–water partition coefficient (Wildman–Crippen LogP) is 5.12. The molecule has 170 valence electrons. The predicted molar refractivity (Wildman–Crippen MR) is 136 cm³/mol. The highest BCUT2D eigenvalue weighted by Crippen LogP contribution is 2.32. The molecule has 0 spiro atoms. The third-order valence-electron chi connectivity index (χ3n) is 5.57. The number of fused-ring (bicyclic) bond motifs is 1. The molecule has 0 saturated heterocycles. The van der Waals surface area contributed by atoms with Crippen LogP contribution in [0.4, 0.5) is 5.69 Å². The van der Waals surface area contributed by atoms with Crippen LogP contribution in [0.5, 0.6) is 0 Å². The Morgan fingerprint density at radius 1 is 1.09 bits per heavy atom. The molecular formula is C25H20ClN5O2S. The number of aryl methyl sites for hydroxylation is 2. The van der Waals surface area contributed by atoms with Crippen molar-refractivity contribution in [3.63, 3.8) is 0 Å². The van der Waals surface area contributed by atoms with Crippen LogP contribution in [0, 0.1) is 6.92 Å². The molecule has 0 bridgehead atoms. The van der Waals surface area contributed by atoms with E-state index < -0.39 is 0 Å². The van der Waals surface area contributed by atoms with E-state index in [2.05, 4.69) is 15.4 Å². The second kappa shape index (κ2) is 8.89. The summed E-state index contributed by atoms with van der Waals surface area (Å²) in [6.07, 6.45) is 1.58. The van der Waals surface area contributed by atoms with Gasteiger partial charge in [-0.3, -0.25) is 14.3 Å². The maximum Gasteiger partial charge on any atom is 0.290 e.